The zero-order valence-corrected chi connectivity index (χ0v) is 25.7. The predicted octanol–water partition coefficient (Wildman–Crippen LogP) is 5.63. The Hall–Kier alpha value is -5.62. The molecule has 2 amide bonds. The van der Waals surface area contributed by atoms with E-state index in [9.17, 15) is 26.8 Å². The summed E-state index contributed by atoms with van der Waals surface area (Å²) in [5.41, 5.74) is 2.10. The Morgan fingerprint density at radius 2 is 1.45 bits per heavy atom. The fraction of sp³-hybridized carbons (Fsp3) is 0.114. The number of carbonyl (C=O) groups is 2. The molecular formula is C35H30F2N4O5S. The van der Waals surface area contributed by atoms with Crippen molar-refractivity contribution in [2.75, 3.05) is 11.3 Å². The molecule has 2 N–H and O–H groups in total. The monoisotopic (exact) mass is 656 g/mol. The Morgan fingerprint density at radius 1 is 0.787 bits per heavy atom. The summed E-state index contributed by atoms with van der Waals surface area (Å²) in [5, 5.41) is 2.89. The SMILES string of the molecule is O=C(NCc1cccnc1)C(c1ccccc1)N(Cc1ccc(F)cc1)C(=O)COc1ccc(S(=O)(=O)Nc2ccc(F)cc2)cc1. The van der Waals surface area contributed by atoms with Crippen molar-refractivity contribution in [1.29, 1.82) is 0 Å². The summed E-state index contributed by atoms with van der Waals surface area (Å²) >= 11 is 0. The van der Waals surface area contributed by atoms with E-state index in [2.05, 4.69) is 15.0 Å². The zero-order chi connectivity index (χ0) is 33.2. The number of aromatic nitrogens is 1. The number of hydrogen-bond acceptors (Lipinski definition) is 6. The van der Waals surface area contributed by atoms with Gasteiger partial charge in [0.25, 0.3) is 15.9 Å². The molecule has 1 heterocycles. The van der Waals surface area contributed by atoms with Crippen molar-refractivity contribution in [3.8, 4) is 5.75 Å². The van der Waals surface area contributed by atoms with Gasteiger partial charge < -0.3 is 15.0 Å². The Morgan fingerprint density at radius 3 is 2.09 bits per heavy atom. The van der Waals surface area contributed by atoms with E-state index in [1.54, 1.807) is 48.8 Å². The van der Waals surface area contributed by atoms with E-state index in [4.69, 9.17) is 4.74 Å². The molecule has 47 heavy (non-hydrogen) atoms. The van der Waals surface area contributed by atoms with Gasteiger partial charge >= 0.3 is 0 Å². The second-order valence-electron chi connectivity index (χ2n) is 10.4. The lowest BCUT2D eigenvalue weighted by Gasteiger charge is -2.31. The summed E-state index contributed by atoms with van der Waals surface area (Å²) in [6.45, 7) is -0.342. The standard InChI is InChI=1S/C35H30F2N4O5S/c36-28-10-8-25(9-11-28)23-41(34(27-6-2-1-3-7-27)35(43)39-22-26-5-4-20-38-21-26)33(42)24-46-31-16-18-32(19-17-31)47(44,45)40-30-14-12-29(37)13-15-30/h1-21,34,40H,22-24H2,(H,39,43). The molecule has 1 atom stereocenters. The van der Waals surface area contributed by atoms with Crippen molar-refractivity contribution in [3.05, 3.63) is 156 Å². The van der Waals surface area contributed by atoms with Crippen molar-refractivity contribution >= 4 is 27.5 Å². The van der Waals surface area contributed by atoms with Crippen molar-refractivity contribution in [3.63, 3.8) is 0 Å². The van der Waals surface area contributed by atoms with Gasteiger partial charge in [0.1, 0.15) is 23.4 Å². The molecule has 0 fully saturated rings. The van der Waals surface area contributed by atoms with Gasteiger partial charge in [-0.05, 0) is 83.4 Å². The molecule has 0 aliphatic carbocycles. The number of halogens is 2. The second-order valence-corrected chi connectivity index (χ2v) is 12.1. The van der Waals surface area contributed by atoms with E-state index < -0.39 is 46.1 Å². The maximum absolute atomic E-state index is 13.8. The summed E-state index contributed by atoms with van der Waals surface area (Å²) < 4.78 is 60.6. The van der Waals surface area contributed by atoms with E-state index >= 15 is 0 Å². The van der Waals surface area contributed by atoms with Gasteiger partial charge in [-0.3, -0.25) is 19.3 Å². The summed E-state index contributed by atoms with van der Waals surface area (Å²) in [5.74, 6) is -1.73. The Balaban J connectivity index is 1.35. The first-order valence-electron chi connectivity index (χ1n) is 14.4. The minimum absolute atomic E-state index is 0.0332. The third-order valence-corrected chi connectivity index (χ3v) is 8.44. The number of nitrogens with one attached hydrogen (secondary N) is 2. The molecule has 4 aromatic carbocycles. The first-order chi connectivity index (χ1) is 22.7. The van der Waals surface area contributed by atoms with E-state index in [0.717, 1.165) is 17.7 Å². The molecule has 12 heteroatoms. The zero-order valence-electron chi connectivity index (χ0n) is 24.9. The fourth-order valence-electron chi connectivity index (χ4n) is 4.68. The lowest BCUT2D eigenvalue weighted by Crippen LogP contribution is -2.45. The predicted molar refractivity (Wildman–Crippen MR) is 171 cm³/mol. The fourth-order valence-corrected chi connectivity index (χ4v) is 5.74. The number of amides is 2. The number of benzene rings is 4. The average Bonchev–Trinajstić information content (AvgIpc) is 3.09. The lowest BCUT2D eigenvalue weighted by atomic mass is 10.0. The highest BCUT2D eigenvalue weighted by atomic mass is 32.2. The van der Waals surface area contributed by atoms with E-state index in [1.165, 1.54) is 65.6 Å². The Kier molecular flexibility index (Phi) is 10.5. The van der Waals surface area contributed by atoms with Crippen LogP contribution in [-0.2, 0) is 32.7 Å². The number of sulfonamides is 1. The van der Waals surface area contributed by atoms with Crippen LogP contribution in [0.25, 0.3) is 0 Å². The second kappa shape index (κ2) is 15.1. The van der Waals surface area contributed by atoms with Gasteiger partial charge in [-0.1, -0.05) is 48.5 Å². The van der Waals surface area contributed by atoms with Gasteiger partial charge in [0.2, 0.25) is 5.91 Å². The number of nitrogens with zero attached hydrogens (tertiary/aromatic N) is 2. The van der Waals surface area contributed by atoms with Crippen molar-refractivity contribution < 1.29 is 31.5 Å². The van der Waals surface area contributed by atoms with Crippen LogP contribution < -0.4 is 14.8 Å². The van der Waals surface area contributed by atoms with Gasteiger partial charge in [0, 0.05) is 31.2 Å². The van der Waals surface area contributed by atoms with Gasteiger partial charge in [-0.2, -0.15) is 0 Å². The Bertz CT molecular complexity index is 1890. The summed E-state index contributed by atoms with van der Waals surface area (Å²) in [4.78, 5) is 32.9. The highest BCUT2D eigenvalue weighted by Crippen LogP contribution is 2.25. The van der Waals surface area contributed by atoms with Crippen LogP contribution in [0.2, 0.25) is 0 Å². The molecule has 9 nitrogen and oxygen atoms in total. The number of carbonyl (C=O) groups excluding carboxylic acids is 2. The van der Waals surface area contributed by atoms with Crippen LogP contribution in [0.3, 0.4) is 0 Å². The minimum atomic E-state index is -3.98. The molecule has 1 aromatic heterocycles. The highest BCUT2D eigenvalue weighted by Gasteiger charge is 2.32. The minimum Gasteiger partial charge on any atom is -0.484 e. The van der Waals surface area contributed by atoms with Crippen LogP contribution in [0, 0.1) is 11.6 Å². The maximum Gasteiger partial charge on any atom is 0.261 e. The number of pyridine rings is 1. The van der Waals surface area contributed by atoms with E-state index in [-0.39, 0.29) is 29.4 Å². The maximum atomic E-state index is 13.8. The third-order valence-electron chi connectivity index (χ3n) is 7.04. The molecule has 0 aliphatic heterocycles. The molecule has 0 saturated heterocycles. The van der Waals surface area contributed by atoms with Crippen LogP contribution in [0.1, 0.15) is 22.7 Å². The lowest BCUT2D eigenvalue weighted by molar-refractivity contribution is -0.143. The molecule has 0 saturated carbocycles. The van der Waals surface area contributed by atoms with Crippen LogP contribution in [0.5, 0.6) is 5.75 Å². The van der Waals surface area contributed by atoms with E-state index in [0.29, 0.717) is 11.1 Å². The quantitative estimate of drug-likeness (QED) is 0.170. The normalized spacial score (nSPS) is 11.7. The highest BCUT2D eigenvalue weighted by molar-refractivity contribution is 7.92. The van der Waals surface area contributed by atoms with Crippen LogP contribution in [0.15, 0.2) is 133 Å². The van der Waals surface area contributed by atoms with Gasteiger partial charge in [0.05, 0.1) is 4.90 Å². The average molecular weight is 657 g/mol. The largest absolute Gasteiger partial charge is 0.484 e. The van der Waals surface area contributed by atoms with Crippen LogP contribution >= 0.6 is 0 Å². The first kappa shape index (κ1) is 32.8. The van der Waals surface area contributed by atoms with Crippen molar-refractivity contribution in [1.82, 2.24) is 15.2 Å². The summed E-state index contributed by atoms with van der Waals surface area (Å²) in [7, 11) is -3.98. The van der Waals surface area contributed by atoms with Gasteiger partial charge in [-0.25, -0.2) is 17.2 Å². The smallest absolute Gasteiger partial charge is 0.261 e. The summed E-state index contributed by atoms with van der Waals surface area (Å²) in [6.07, 6.45) is 3.25. The van der Waals surface area contributed by atoms with Gasteiger partial charge in [0.15, 0.2) is 6.61 Å². The molecule has 0 bridgehead atoms. The number of ether oxygens (including phenoxy) is 1. The molecule has 0 spiro atoms. The first-order valence-corrected chi connectivity index (χ1v) is 15.9. The molecule has 5 rings (SSSR count). The molecule has 1 unspecified atom stereocenters. The third kappa shape index (κ3) is 8.98. The molecule has 240 valence electrons. The van der Waals surface area contributed by atoms with Crippen molar-refractivity contribution in [2.45, 2.75) is 24.0 Å². The number of hydrogen-bond donors (Lipinski definition) is 2. The summed E-state index contributed by atoms with van der Waals surface area (Å²) in [6, 6.07) is 27.2. The van der Waals surface area contributed by atoms with Gasteiger partial charge in [-0.15, -0.1) is 0 Å². The molecule has 0 aliphatic rings. The Labute approximate surface area is 270 Å². The van der Waals surface area contributed by atoms with E-state index in [1.807, 2.05) is 6.07 Å². The number of anilines is 1. The van der Waals surface area contributed by atoms with Crippen LogP contribution in [-0.4, -0.2) is 36.7 Å². The van der Waals surface area contributed by atoms with Crippen LogP contribution in [0.4, 0.5) is 14.5 Å². The molecular weight excluding hydrogens is 626 g/mol. The topological polar surface area (TPSA) is 118 Å². The molecule has 5 aromatic rings. The van der Waals surface area contributed by atoms with Crippen molar-refractivity contribution in [2.24, 2.45) is 0 Å². The number of rotatable bonds is 13. The molecule has 0 radical (unpaired) electrons.